The molecule has 112 valence electrons. The number of carbonyl (C=O) groups is 1. The molecule has 1 aromatic carbocycles. The second kappa shape index (κ2) is 6.11. The first kappa shape index (κ1) is 14.5. The third-order valence-electron chi connectivity index (χ3n) is 3.38. The van der Waals surface area contributed by atoms with Crippen LogP contribution in [0.5, 0.6) is 0 Å². The van der Waals surface area contributed by atoms with E-state index in [0.717, 1.165) is 12.0 Å². The number of rotatable bonds is 4. The number of benzene rings is 1. The van der Waals surface area contributed by atoms with Gasteiger partial charge in [0.1, 0.15) is 0 Å². The van der Waals surface area contributed by atoms with Gasteiger partial charge in [-0.25, -0.2) is 0 Å². The molecule has 2 N–H and O–H groups in total. The highest BCUT2D eigenvalue weighted by molar-refractivity contribution is 7.14. The summed E-state index contributed by atoms with van der Waals surface area (Å²) in [5, 5.41) is 9.61. The molecule has 0 spiro atoms. The Labute approximate surface area is 132 Å². The Morgan fingerprint density at radius 1 is 1.32 bits per heavy atom. The molecule has 0 aliphatic heterocycles. The Balaban J connectivity index is 1.76. The van der Waals surface area contributed by atoms with Gasteiger partial charge in [-0.2, -0.15) is 4.98 Å². The molecule has 22 heavy (non-hydrogen) atoms. The first-order valence-electron chi connectivity index (χ1n) is 7.06. The Hall–Kier alpha value is -2.47. The minimum absolute atomic E-state index is 0.175. The highest BCUT2D eigenvalue weighted by atomic mass is 32.1. The summed E-state index contributed by atoms with van der Waals surface area (Å²) < 4.78 is 0. The zero-order valence-corrected chi connectivity index (χ0v) is 13.2. The molecule has 0 bridgehead atoms. The minimum atomic E-state index is -0.175. The Morgan fingerprint density at radius 3 is 2.77 bits per heavy atom. The van der Waals surface area contributed by atoms with Crippen LogP contribution in [0.15, 0.2) is 36.4 Å². The van der Waals surface area contributed by atoms with Crippen LogP contribution in [-0.2, 0) is 6.42 Å². The molecule has 0 aliphatic rings. The van der Waals surface area contributed by atoms with E-state index < -0.39 is 0 Å². The summed E-state index contributed by atoms with van der Waals surface area (Å²) in [6, 6.07) is 11.6. The number of carbonyl (C=O) groups excluding carboxylic acids is 1. The lowest BCUT2D eigenvalue weighted by Crippen LogP contribution is -2.11. The van der Waals surface area contributed by atoms with Crippen molar-refractivity contribution in [3.05, 3.63) is 51.7 Å². The van der Waals surface area contributed by atoms with Crippen molar-refractivity contribution < 1.29 is 4.79 Å². The van der Waals surface area contributed by atoms with E-state index in [4.69, 9.17) is 0 Å². The number of nitrogens with zero attached hydrogens (tertiary/aromatic N) is 2. The average molecular weight is 312 g/mol. The maximum atomic E-state index is 12.2. The van der Waals surface area contributed by atoms with E-state index in [1.165, 1.54) is 21.8 Å². The monoisotopic (exact) mass is 312 g/mol. The molecule has 0 aliphatic carbocycles. The molecular weight excluding hydrogens is 296 g/mol. The van der Waals surface area contributed by atoms with Gasteiger partial charge in [0.15, 0.2) is 5.82 Å². The van der Waals surface area contributed by atoms with Gasteiger partial charge in [-0.3, -0.25) is 15.2 Å². The fraction of sp³-hybridized carbons (Fsp3) is 0.188. The van der Waals surface area contributed by atoms with Crippen molar-refractivity contribution in [1.29, 1.82) is 0 Å². The fourth-order valence-electron chi connectivity index (χ4n) is 2.19. The molecule has 2 heterocycles. The molecule has 1 amide bonds. The van der Waals surface area contributed by atoms with E-state index in [9.17, 15) is 4.79 Å². The number of thiophene rings is 1. The summed E-state index contributed by atoms with van der Waals surface area (Å²) in [5.41, 5.74) is 2.13. The predicted molar refractivity (Wildman–Crippen MR) is 88.2 cm³/mol. The molecule has 0 saturated carbocycles. The predicted octanol–water partition coefficient (Wildman–Crippen LogP) is 3.66. The van der Waals surface area contributed by atoms with Gasteiger partial charge < -0.3 is 0 Å². The molecule has 6 heteroatoms. The van der Waals surface area contributed by atoms with Crippen molar-refractivity contribution in [2.75, 3.05) is 5.32 Å². The van der Waals surface area contributed by atoms with E-state index >= 15 is 0 Å². The highest BCUT2D eigenvalue weighted by Crippen LogP contribution is 2.23. The van der Waals surface area contributed by atoms with Crippen LogP contribution >= 0.6 is 11.3 Å². The largest absolute Gasteiger partial charge is 0.288 e. The summed E-state index contributed by atoms with van der Waals surface area (Å²) in [5.74, 6) is 0.742. The van der Waals surface area contributed by atoms with Crippen molar-refractivity contribution in [3.63, 3.8) is 0 Å². The van der Waals surface area contributed by atoms with Crippen LogP contribution in [0.2, 0.25) is 0 Å². The summed E-state index contributed by atoms with van der Waals surface area (Å²) in [6.07, 6.45) is 0.925. The van der Waals surface area contributed by atoms with Crippen LogP contribution < -0.4 is 5.32 Å². The van der Waals surface area contributed by atoms with Crippen LogP contribution in [0.4, 0.5) is 5.95 Å². The second-order valence-electron chi connectivity index (χ2n) is 4.87. The number of aromatic amines is 1. The van der Waals surface area contributed by atoms with Gasteiger partial charge in [0, 0.05) is 10.4 Å². The van der Waals surface area contributed by atoms with Crippen molar-refractivity contribution >= 4 is 23.2 Å². The summed E-state index contributed by atoms with van der Waals surface area (Å²) in [7, 11) is 0. The third-order valence-corrected chi connectivity index (χ3v) is 4.47. The maximum absolute atomic E-state index is 12.2. The first-order valence-corrected chi connectivity index (χ1v) is 7.87. The van der Waals surface area contributed by atoms with Crippen molar-refractivity contribution in [3.8, 4) is 11.4 Å². The molecular formula is C16H16N4OS. The molecule has 3 rings (SSSR count). The van der Waals surface area contributed by atoms with Crippen molar-refractivity contribution in [1.82, 2.24) is 15.2 Å². The van der Waals surface area contributed by atoms with Gasteiger partial charge in [-0.05, 0) is 25.0 Å². The number of aromatic nitrogens is 3. The van der Waals surface area contributed by atoms with Gasteiger partial charge in [-0.15, -0.1) is 16.4 Å². The Bertz CT molecular complexity index is 792. The molecule has 0 fully saturated rings. The second-order valence-corrected chi connectivity index (χ2v) is 6.13. The number of hydrogen-bond acceptors (Lipinski definition) is 4. The van der Waals surface area contributed by atoms with Gasteiger partial charge in [0.2, 0.25) is 5.95 Å². The standard InChI is InChI=1S/C16H16N4OS/c1-3-11-9-13(22-10(11)2)15(21)18-16-17-14(19-20-16)12-7-5-4-6-8-12/h4-9H,3H2,1-2H3,(H2,17,18,19,20,21). The number of amides is 1. The number of nitrogens with one attached hydrogen (secondary N) is 2. The molecule has 0 radical (unpaired) electrons. The Morgan fingerprint density at radius 2 is 2.09 bits per heavy atom. The van der Waals surface area contributed by atoms with E-state index in [2.05, 4.69) is 27.4 Å². The van der Waals surface area contributed by atoms with E-state index in [1.807, 2.05) is 43.3 Å². The quantitative estimate of drug-likeness (QED) is 0.772. The van der Waals surface area contributed by atoms with Crippen LogP contribution in [0.3, 0.4) is 0 Å². The highest BCUT2D eigenvalue weighted by Gasteiger charge is 2.14. The third kappa shape index (κ3) is 2.92. The van der Waals surface area contributed by atoms with Gasteiger partial charge in [0.25, 0.3) is 5.91 Å². The van der Waals surface area contributed by atoms with E-state index in [0.29, 0.717) is 10.7 Å². The summed E-state index contributed by atoms with van der Waals surface area (Å²) >= 11 is 1.49. The zero-order valence-electron chi connectivity index (χ0n) is 12.4. The minimum Gasteiger partial charge on any atom is -0.288 e. The van der Waals surface area contributed by atoms with Crippen LogP contribution in [0.1, 0.15) is 27.0 Å². The summed E-state index contributed by atoms with van der Waals surface area (Å²) in [6.45, 7) is 4.11. The van der Waals surface area contributed by atoms with Crippen LogP contribution in [-0.4, -0.2) is 21.1 Å². The van der Waals surface area contributed by atoms with Gasteiger partial charge >= 0.3 is 0 Å². The first-order chi connectivity index (χ1) is 10.7. The lowest BCUT2D eigenvalue weighted by Gasteiger charge is -1.97. The molecule has 5 nitrogen and oxygen atoms in total. The number of hydrogen-bond donors (Lipinski definition) is 2. The zero-order chi connectivity index (χ0) is 15.5. The Kier molecular flexibility index (Phi) is 4.02. The molecule has 0 unspecified atom stereocenters. The molecule has 2 aromatic heterocycles. The lowest BCUT2D eigenvalue weighted by molar-refractivity contribution is 0.102. The van der Waals surface area contributed by atoms with Crippen LogP contribution in [0.25, 0.3) is 11.4 Å². The number of anilines is 1. The summed E-state index contributed by atoms with van der Waals surface area (Å²) in [4.78, 5) is 18.4. The molecule has 3 aromatic rings. The molecule has 0 saturated heterocycles. The number of aryl methyl sites for hydroxylation is 2. The van der Waals surface area contributed by atoms with Crippen molar-refractivity contribution in [2.45, 2.75) is 20.3 Å². The lowest BCUT2D eigenvalue weighted by atomic mass is 10.2. The SMILES string of the molecule is CCc1cc(C(=O)Nc2n[nH]c(-c3ccccc3)n2)sc1C. The smallest absolute Gasteiger partial charge is 0.268 e. The fourth-order valence-corrected chi connectivity index (χ4v) is 3.20. The maximum Gasteiger partial charge on any atom is 0.268 e. The molecule has 0 atom stereocenters. The van der Waals surface area contributed by atoms with E-state index in [-0.39, 0.29) is 11.9 Å². The average Bonchev–Trinajstić information content (AvgIpc) is 3.14. The van der Waals surface area contributed by atoms with Gasteiger partial charge in [0.05, 0.1) is 4.88 Å². The number of H-pyrrole nitrogens is 1. The van der Waals surface area contributed by atoms with Gasteiger partial charge in [-0.1, -0.05) is 37.3 Å². The van der Waals surface area contributed by atoms with E-state index in [1.54, 1.807) is 0 Å². The normalized spacial score (nSPS) is 10.6. The van der Waals surface area contributed by atoms with Crippen molar-refractivity contribution in [2.24, 2.45) is 0 Å². The topological polar surface area (TPSA) is 70.7 Å². The van der Waals surface area contributed by atoms with Crippen LogP contribution in [0, 0.1) is 6.92 Å².